The van der Waals surface area contributed by atoms with E-state index in [-0.39, 0.29) is 30.1 Å². The zero-order valence-electron chi connectivity index (χ0n) is 17.9. The van der Waals surface area contributed by atoms with Gasteiger partial charge in [0, 0.05) is 26.7 Å². The molecule has 0 aliphatic carbocycles. The van der Waals surface area contributed by atoms with Gasteiger partial charge in [0.2, 0.25) is 0 Å². The van der Waals surface area contributed by atoms with E-state index in [4.69, 9.17) is 4.74 Å². The number of ether oxygens (including phenoxy) is 1. The summed E-state index contributed by atoms with van der Waals surface area (Å²) in [5, 5.41) is 3.63. The Balaban J connectivity index is 0.00000280. The van der Waals surface area contributed by atoms with Crippen LogP contribution in [-0.2, 0) is 4.74 Å². The minimum Gasteiger partial charge on any atom is -0.370 e. The van der Waals surface area contributed by atoms with Crippen molar-refractivity contribution in [3.63, 3.8) is 0 Å². The van der Waals surface area contributed by atoms with Crippen LogP contribution in [0, 0.1) is 19.8 Å². The van der Waals surface area contributed by atoms with E-state index in [1.54, 1.807) is 0 Å². The maximum Gasteiger partial charge on any atom is 0.193 e. The first kappa shape index (κ1) is 23.4. The molecule has 2 unspecified atom stereocenters. The predicted octanol–water partition coefficient (Wildman–Crippen LogP) is 3.60. The SMILES string of the molecule is CCCN1CCC(CNC(=NC)N2CCOC(c3ccc(C)cc3C)C2)C1.I. The third kappa shape index (κ3) is 6.07. The molecule has 158 valence electrons. The lowest BCUT2D eigenvalue weighted by molar-refractivity contribution is -0.00836. The van der Waals surface area contributed by atoms with Crippen molar-refractivity contribution in [2.45, 2.75) is 39.7 Å². The molecule has 1 aromatic carbocycles. The average Bonchev–Trinajstić information content (AvgIpc) is 3.10. The van der Waals surface area contributed by atoms with Crippen LogP contribution in [-0.4, -0.2) is 68.7 Å². The molecule has 0 spiro atoms. The zero-order valence-corrected chi connectivity index (χ0v) is 20.2. The summed E-state index contributed by atoms with van der Waals surface area (Å²) in [7, 11) is 1.89. The van der Waals surface area contributed by atoms with Gasteiger partial charge in [-0.05, 0) is 56.8 Å². The lowest BCUT2D eigenvalue weighted by Gasteiger charge is -2.36. The summed E-state index contributed by atoms with van der Waals surface area (Å²) in [6.07, 6.45) is 2.65. The van der Waals surface area contributed by atoms with Gasteiger partial charge >= 0.3 is 0 Å². The summed E-state index contributed by atoms with van der Waals surface area (Å²) >= 11 is 0. The fourth-order valence-corrected chi connectivity index (χ4v) is 4.38. The molecule has 2 saturated heterocycles. The van der Waals surface area contributed by atoms with Crippen LogP contribution >= 0.6 is 24.0 Å². The lowest BCUT2D eigenvalue weighted by atomic mass is 10.00. The molecule has 1 N–H and O–H groups in total. The van der Waals surface area contributed by atoms with E-state index in [2.05, 4.69) is 59.1 Å². The van der Waals surface area contributed by atoms with Gasteiger partial charge in [-0.25, -0.2) is 0 Å². The summed E-state index contributed by atoms with van der Waals surface area (Å²) in [6.45, 7) is 13.8. The molecule has 0 saturated carbocycles. The van der Waals surface area contributed by atoms with Crippen LogP contribution in [0.3, 0.4) is 0 Å². The Morgan fingerprint density at radius 2 is 2.07 bits per heavy atom. The Hall–Kier alpha value is -0.860. The fourth-order valence-electron chi connectivity index (χ4n) is 4.38. The number of aryl methyl sites for hydroxylation is 2. The van der Waals surface area contributed by atoms with Crippen LogP contribution in [0.2, 0.25) is 0 Å². The quantitative estimate of drug-likeness (QED) is 0.381. The first-order valence-corrected chi connectivity index (χ1v) is 10.5. The van der Waals surface area contributed by atoms with Crippen molar-refractivity contribution in [1.82, 2.24) is 15.1 Å². The number of hydrogen-bond acceptors (Lipinski definition) is 3. The summed E-state index contributed by atoms with van der Waals surface area (Å²) in [5.41, 5.74) is 3.91. The molecule has 6 heteroatoms. The van der Waals surface area contributed by atoms with Crippen molar-refractivity contribution >= 4 is 29.9 Å². The highest BCUT2D eigenvalue weighted by Crippen LogP contribution is 2.26. The number of guanidine groups is 1. The van der Waals surface area contributed by atoms with Crippen molar-refractivity contribution in [3.8, 4) is 0 Å². The van der Waals surface area contributed by atoms with E-state index in [0.29, 0.717) is 0 Å². The van der Waals surface area contributed by atoms with E-state index in [1.165, 1.54) is 49.2 Å². The minimum absolute atomic E-state index is 0. The molecule has 5 nitrogen and oxygen atoms in total. The summed E-state index contributed by atoms with van der Waals surface area (Å²) in [4.78, 5) is 9.49. The Labute approximate surface area is 187 Å². The van der Waals surface area contributed by atoms with E-state index in [9.17, 15) is 0 Å². The first-order chi connectivity index (χ1) is 13.1. The van der Waals surface area contributed by atoms with Crippen molar-refractivity contribution < 1.29 is 4.74 Å². The topological polar surface area (TPSA) is 40.1 Å². The highest BCUT2D eigenvalue weighted by atomic mass is 127. The molecule has 28 heavy (non-hydrogen) atoms. The Morgan fingerprint density at radius 3 is 2.79 bits per heavy atom. The lowest BCUT2D eigenvalue weighted by Crippen LogP contribution is -2.49. The number of aliphatic imine (C=N–C) groups is 1. The summed E-state index contributed by atoms with van der Waals surface area (Å²) < 4.78 is 6.10. The molecular weight excluding hydrogens is 463 g/mol. The normalized spacial score (nSPS) is 23.6. The van der Waals surface area contributed by atoms with Crippen LogP contribution in [0.4, 0.5) is 0 Å². The van der Waals surface area contributed by atoms with Gasteiger partial charge in [-0.1, -0.05) is 30.7 Å². The first-order valence-electron chi connectivity index (χ1n) is 10.5. The van der Waals surface area contributed by atoms with Gasteiger partial charge in [-0.2, -0.15) is 0 Å². The molecule has 0 bridgehead atoms. The number of hydrogen-bond donors (Lipinski definition) is 1. The Bertz CT molecular complexity index is 651. The molecule has 0 radical (unpaired) electrons. The smallest absolute Gasteiger partial charge is 0.193 e. The van der Waals surface area contributed by atoms with Crippen LogP contribution in [0.25, 0.3) is 0 Å². The second-order valence-corrected chi connectivity index (χ2v) is 8.05. The van der Waals surface area contributed by atoms with E-state index in [1.807, 2.05) is 7.05 Å². The number of nitrogens with zero attached hydrogens (tertiary/aromatic N) is 3. The number of halogens is 1. The molecular formula is C22H37IN4O. The van der Waals surface area contributed by atoms with Crippen LogP contribution < -0.4 is 5.32 Å². The standard InChI is InChI=1S/C22H36N4O.HI/c1-5-9-25-10-8-19(15-25)14-24-22(23-4)26-11-12-27-21(16-26)20-7-6-17(2)13-18(20)3;/h6-7,13,19,21H,5,8-12,14-16H2,1-4H3,(H,23,24);1H. The van der Waals surface area contributed by atoms with E-state index in [0.717, 1.165) is 38.1 Å². The average molecular weight is 500 g/mol. The van der Waals surface area contributed by atoms with Crippen molar-refractivity contribution in [2.24, 2.45) is 10.9 Å². The Kier molecular flexibility index (Phi) is 9.50. The molecule has 2 aliphatic rings. The fraction of sp³-hybridized carbons (Fsp3) is 0.682. The third-order valence-corrected chi connectivity index (χ3v) is 5.81. The van der Waals surface area contributed by atoms with Crippen molar-refractivity contribution in [1.29, 1.82) is 0 Å². The molecule has 2 atom stereocenters. The molecule has 3 rings (SSSR count). The van der Waals surface area contributed by atoms with Gasteiger partial charge in [0.25, 0.3) is 0 Å². The number of rotatable bonds is 5. The molecule has 1 aromatic rings. The number of nitrogens with one attached hydrogen (secondary N) is 1. The number of likely N-dealkylation sites (tertiary alicyclic amines) is 1. The predicted molar refractivity (Wildman–Crippen MR) is 128 cm³/mol. The zero-order chi connectivity index (χ0) is 19.2. The van der Waals surface area contributed by atoms with Gasteiger partial charge in [0.15, 0.2) is 5.96 Å². The maximum absolute atomic E-state index is 6.10. The molecule has 2 aliphatic heterocycles. The van der Waals surface area contributed by atoms with E-state index >= 15 is 0 Å². The van der Waals surface area contributed by atoms with Gasteiger partial charge < -0.3 is 19.9 Å². The largest absolute Gasteiger partial charge is 0.370 e. The monoisotopic (exact) mass is 500 g/mol. The second kappa shape index (κ2) is 11.4. The van der Waals surface area contributed by atoms with Crippen LogP contribution in [0.15, 0.2) is 23.2 Å². The molecule has 0 aromatic heterocycles. The molecule has 2 fully saturated rings. The second-order valence-electron chi connectivity index (χ2n) is 8.05. The van der Waals surface area contributed by atoms with Crippen LogP contribution in [0.1, 0.15) is 42.6 Å². The van der Waals surface area contributed by atoms with Gasteiger partial charge in [-0.15, -0.1) is 24.0 Å². The summed E-state index contributed by atoms with van der Waals surface area (Å²) in [5.74, 6) is 1.74. The summed E-state index contributed by atoms with van der Waals surface area (Å²) in [6, 6.07) is 6.64. The van der Waals surface area contributed by atoms with E-state index < -0.39 is 0 Å². The Morgan fingerprint density at radius 1 is 1.25 bits per heavy atom. The van der Waals surface area contributed by atoms with Gasteiger partial charge in [-0.3, -0.25) is 4.99 Å². The number of morpholine rings is 1. The molecule has 2 heterocycles. The number of benzene rings is 1. The van der Waals surface area contributed by atoms with Gasteiger partial charge in [0.1, 0.15) is 6.10 Å². The highest BCUT2D eigenvalue weighted by Gasteiger charge is 2.27. The van der Waals surface area contributed by atoms with Crippen LogP contribution in [0.5, 0.6) is 0 Å². The molecule has 0 amide bonds. The maximum atomic E-state index is 6.10. The van der Waals surface area contributed by atoms with Crippen molar-refractivity contribution in [2.75, 3.05) is 52.9 Å². The highest BCUT2D eigenvalue weighted by molar-refractivity contribution is 14.0. The van der Waals surface area contributed by atoms with Gasteiger partial charge in [0.05, 0.1) is 13.2 Å². The minimum atomic E-state index is 0. The van der Waals surface area contributed by atoms with Crippen molar-refractivity contribution in [3.05, 3.63) is 34.9 Å². The third-order valence-electron chi connectivity index (χ3n) is 5.81.